The number of phenols is 1. The second kappa shape index (κ2) is 10.0. The van der Waals surface area contributed by atoms with Gasteiger partial charge in [0.1, 0.15) is 11.3 Å². The van der Waals surface area contributed by atoms with Gasteiger partial charge in [0.25, 0.3) is 11.1 Å². The predicted octanol–water partition coefficient (Wildman–Crippen LogP) is -0.505. The smallest absolute Gasteiger partial charge is 0.339 e. The summed E-state index contributed by atoms with van der Waals surface area (Å²) in [5.41, 5.74) is -3.48. The molecule has 0 bridgehead atoms. The summed E-state index contributed by atoms with van der Waals surface area (Å²) in [6.45, 7) is 0. The van der Waals surface area contributed by atoms with Gasteiger partial charge in [0.15, 0.2) is 0 Å². The van der Waals surface area contributed by atoms with Gasteiger partial charge in [-0.2, -0.15) is 8.78 Å². The van der Waals surface area contributed by atoms with Crippen LogP contribution in [0, 0.1) is 11.6 Å². The van der Waals surface area contributed by atoms with Crippen LogP contribution >= 0.6 is 0 Å². The predicted molar refractivity (Wildman–Crippen MR) is 90.3 cm³/mol. The molecule has 0 fully saturated rings. The topological polar surface area (TPSA) is 189 Å². The molecule has 11 nitrogen and oxygen atoms in total. The molecule has 0 amide bonds. The summed E-state index contributed by atoms with van der Waals surface area (Å²) in [6, 6.07) is 5.81. The number of halogens is 2. The SMILES string of the molecule is O=C(O)c1ccccc1O.O=c1[nH]cc(F)c(=O)[nH]1.O=c1[nH]cc(F)c(=O)[nH]1. The molecule has 3 aromatic rings. The second-order valence-corrected chi connectivity index (χ2v) is 4.66. The van der Waals surface area contributed by atoms with Gasteiger partial charge in [-0.15, -0.1) is 0 Å². The van der Waals surface area contributed by atoms with Gasteiger partial charge in [0.05, 0.1) is 0 Å². The van der Waals surface area contributed by atoms with Crippen LogP contribution in [-0.2, 0) is 0 Å². The van der Waals surface area contributed by atoms with Crippen molar-refractivity contribution in [3.63, 3.8) is 0 Å². The first-order valence-corrected chi connectivity index (χ1v) is 7.08. The molecule has 13 heteroatoms. The Hall–Kier alpha value is -4.29. The molecule has 0 radical (unpaired) electrons. The number of aromatic carboxylic acids is 1. The number of aromatic nitrogens is 4. The maximum Gasteiger partial charge on any atom is 0.339 e. The largest absolute Gasteiger partial charge is 0.507 e. The first-order chi connectivity index (χ1) is 13.1. The van der Waals surface area contributed by atoms with Gasteiger partial charge in [-0.1, -0.05) is 12.1 Å². The minimum atomic E-state index is -1.11. The molecular weight excluding hydrogens is 386 g/mol. The third kappa shape index (κ3) is 6.91. The van der Waals surface area contributed by atoms with Gasteiger partial charge in [-0.05, 0) is 12.1 Å². The summed E-state index contributed by atoms with van der Waals surface area (Å²) in [5.74, 6) is -3.29. The number of nitrogens with one attached hydrogen (secondary N) is 4. The van der Waals surface area contributed by atoms with E-state index in [2.05, 4.69) is 0 Å². The molecule has 3 rings (SSSR count). The minimum absolute atomic E-state index is 0.0671. The van der Waals surface area contributed by atoms with E-state index in [4.69, 9.17) is 10.2 Å². The van der Waals surface area contributed by atoms with Crippen LogP contribution in [0.25, 0.3) is 0 Å². The zero-order valence-corrected chi connectivity index (χ0v) is 13.7. The highest BCUT2D eigenvalue weighted by molar-refractivity contribution is 5.90. The quantitative estimate of drug-likeness (QED) is 0.318. The van der Waals surface area contributed by atoms with Gasteiger partial charge in [-0.25, -0.2) is 14.4 Å². The summed E-state index contributed by atoms with van der Waals surface area (Å²) >= 11 is 0. The number of rotatable bonds is 1. The second-order valence-electron chi connectivity index (χ2n) is 4.66. The van der Waals surface area contributed by atoms with E-state index in [1.807, 2.05) is 9.97 Å². The normalized spacial score (nSPS) is 9.36. The molecule has 0 aliphatic rings. The van der Waals surface area contributed by atoms with Crippen molar-refractivity contribution < 1.29 is 23.8 Å². The number of carbonyl (C=O) groups is 1. The lowest BCUT2D eigenvalue weighted by molar-refractivity contribution is 0.0693. The van der Waals surface area contributed by atoms with Crippen molar-refractivity contribution in [2.75, 3.05) is 0 Å². The average Bonchev–Trinajstić information content (AvgIpc) is 2.63. The van der Waals surface area contributed by atoms with Crippen molar-refractivity contribution >= 4 is 5.97 Å². The van der Waals surface area contributed by atoms with Crippen LogP contribution in [0.15, 0.2) is 55.8 Å². The van der Waals surface area contributed by atoms with Gasteiger partial charge in [-0.3, -0.25) is 19.6 Å². The molecule has 2 heterocycles. The molecule has 148 valence electrons. The molecule has 0 saturated carbocycles. The maximum atomic E-state index is 12.0. The Morgan fingerprint density at radius 3 is 1.54 bits per heavy atom. The van der Waals surface area contributed by atoms with E-state index < -0.39 is 40.1 Å². The Balaban J connectivity index is 0.000000210. The third-order valence-corrected chi connectivity index (χ3v) is 2.68. The first kappa shape index (κ1) is 21.8. The van der Waals surface area contributed by atoms with E-state index in [1.165, 1.54) is 12.1 Å². The van der Waals surface area contributed by atoms with Crippen LogP contribution < -0.4 is 22.5 Å². The Morgan fingerprint density at radius 2 is 1.25 bits per heavy atom. The zero-order valence-electron chi connectivity index (χ0n) is 13.7. The van der Waals surface area contributed by atoms with Gasteiger partial charge in [0.2, 0.25) is 11.6 Å². The van der Waals surface area contributed by atoms with Gasteiger partial charge < -0.3 is 20.2 Å². The first-order valence-electron chi connectivity index (χ1n) is 7.08. The van der Waals surface area contributed by atoms with Crippen molar-refractivity contribution in [2.24, 2.45) is 0 Å². The fourth-order valence-corrected chi connectivity index (χ4v) is 1.44. The Labute approximate surface area is 152 Å². The van der Waals surface area contributed by atoms with E-state index >= 15 is 0 Å². The molecule has 6 N–H and O–H groups in total. The Bertz CT molecular complexity index is 1110. The fraction of sp³-hybridized carbons (Fsp3) is 0. The average molecular weight is 398 g/mol. The van der Waals surface area contributed by atoms with Crippen molar-refractivity contribution in [2.45, 2.75) is 0 Å². The molecule has 2 aromatic heterocycles. The van der Waals surface area contributed by atoms with Crippen molar-refractivity contribution in [3.05, 3.63) is 95.5 Å². The third-order valence-electron chi connectivity index (χ3n) is 2.68. The zero-order chi connectivity index (χ0) is 21.3. The van der Waals surface area contributed by atoms with E-state index in [-0.39, 0.29) is 11.3 Å². The number of H-pyrrole nitrogens is 4. The molecule has 0 atom stereocenters. The Morgan fingerprint density at radius 1 is 0.821 bits per heavy atom. The van der Waals surface area contributed by atoms with Crippen LogP contribution in [0.5, 0.6) is 5.75 Å². The fourth-order valence-electron chi connectivity index (χ4n) is 1.44. The molecule has 0 unspecified atom stereocenters. The summed E-state index contributed by atoms with van der Waals surface area (Å²) < 4.78 is 24.0. The van der Waals surface area contributed by atoms with Gasteiger partial charge in [0, 0.05) is 12.4 Å². The molecule has 0 saturated heterocycles. The number of hydrogen-bond donors (Lipinski definition) is 6. The number of carboxylic acids is 1. The summed E-state index contributed by atoms with van der Waals surface area (Å²) in [7, 11) is 0. The number of aromatic amines is 4. The van der Waals surface area contributed by atoms with E-state index in [1.54, 1.807) is 22.1 Å². The lowest BCUT2D eigenvalue weighted by Crippen LogP contribution is -2.23. The number of para-hydroxylation sites is 1. The lowest BCUT2D eigenvalue weighted by Gasteiger charge is -1.95. The van der Waals surface area contributed by atoms with Crippen molar-refractivity contribution in [1.29, 1.82) is 0 Å². The van der Waals surface area contributed by atoms with E-state index in [0.29, 0.717) is 12.4 Å². The van der Waals surface area contributed by atoms with E-state index in [0.717, 1.165) is 0 Å². The van der Waals surface area contributed by atoms with Crippen LogP contribution in [0.4, 0.5) is 8.78 Å². The summed E-state index contributed by atoms with van der Waals surface area (Å²) in [5, 5.41) is 17.3. The molecule has 0 aliphatic heterocycles. The maximum absolute atomic E-state index is 12.0. The number of hydrogen-bond acceptors (Lipinski definition) is 6. The van der Waals surface area contributed by atoms with Crippen LogP contribution in [0.1, 0.15) is 10.4 Å². The number of aromatic hydroxyl groups is 1. The van der Waals surface area contributed by atoms with E-state index in [9.17, 15) is 32.8 Å². The summed E-state index contributed by atoms with van der Waals surface area (Å²) in [6.07, 6.45) is 1.42. The van der Waals surface area contributed by atoms with Crippen LogP contribution in [0.3, 0.4) is 0 Å². The molecular formula is C15H12F2N4O7. The highest BCUT2D eigenvalue weighted by Crippen LogP contribution is 2.14. The summed E-state index contributed by atoms with van der Waals surface area (Å²) in [4.78, 5) is 58.3. The molecule has 0 aliphatic carbocycles. The van der Waals surface area contributed by atoms with Crippen LogP contribution in [0.2, 0.25) is 0 Å². The lowest BCUT2D eigenvalue weighted by atomic mass is 10.2. The van der Waals surface area contributed by atoms with Crippen LogP contribution in [-0.4, -0.2) is 36.1 Å². The highest BCUT2D eigenvalue weighted by Gasteiger charge is 2.05. The molecule has 1 aromatic carbocycles. The number of carboxylic acid groups (broad SMARTS) is 1. The molecule has 28 heavy (non-hydrogen) atoms. The van der Waals surface area contributed by atoms with Crippen molar-refractivity contribution in [1.82, 2.24) is 19.9 Å². The molecule has 0 spiro atoms. The van der Waals surface area contributed by atoms with Crippen molar-refractivity contribution in [3.8, 4) is 5.75 Å². The van der Waals surface area contributed by atoms with Gasteiger partial charge >= 0.3 is 17.3 Å². The highest BCUT2D eigenvalue weighted by atomic mass is 19.1. The minimum Gasteiger partial charge on any atom is -0.507 e. The monoisotopic (exact) mass is 398 g/mol. The number of benzene rings is 1. The Kier molecular flexibility index (Phi) is 7.77. The standard InChI is InChI=1S/C7H6O3.2C4H3FN2O2/c8-6-4-2-1-3-5(6)7(9)10;2*5-2-1-6-4(9)7-3(2)8/h1-4,8H,(H,9,10);2*1H,(H2,6,7,8,9).